The zero-order valence-electron chi connectivity index (χ0n) is 14.8. The van der Waals surface area contributed by atoms with Crippen molar-refractivity contribution in [2.24, 2.45) is 0 Å². The molecule has 0 radical (unpaired) electrons. The molecule has 4 rings (SSSR count). The number of benzene rings is 1. The van der Waals surface area contributed by atoms with E-state index in [9.17, 15) is 4.79 Å². The van der Waals surface area contributed by atoms with Gasteiger partial charge in [0.05, 0.1) is 5.69 Å². The minimum Gasteiger partial charge on any atom is -0.340 e. The topological polar surface area (TPSA) is 48.5 Å². The molecule has 0 unspecified atom stereocenters. The Morgan fingerprint density at radius 2 is 1.80 bits per heavy atom. The third-order valence-electron chi connectivity index (χ3n) is 5.33. The molecule has 1 saturated carbocycles. The van der Waals surface area contributed by atoms with Crippen LogP contribution >= 0.6 is 0 Å². The molecule has 1 aromatic heterocycles. The third-order valence-corrected chi connectivity index (χ3v) is 5.33. The highest BCUT2D eigenvalue weighted by molar-refractivity contribution is 6.04. The summed E-state index contributed by atoms with van der Waals surface area (Å²) in [5.41, 5.74) is 1.91. The number of hydrogen-bond donors (Lipinski definition) is 1. The number of carbonyl (C=O) groups is 1. The molecule has 0 bridgehead atoms. The first-order valence-corrected chi connectivity index (χ1v) is 9.04. The summed E-state index contributed by atoms with van der Waals surface area (Å²) in [6.07, 6.45) is 4.74. The second kappa shape index (κ2) is 6.39. The molecule has 1 aromatic carbocycles. The maximum Gasteiger partial charge on any atom is 0.249 e. The van der Waals surface area contributed by atoms with Gasteiger partial charge < -0.3 is 15.1 Å². The van der Waals surface area contributed by atoms with Crippen molar-refractivity contribution >= 4 is 28.9 Å². The lowest BCUT2D eigenvalue weighted by Crippen LogP contribution is -2.54. The van der Waals surface area contributed by atoms with Crippen molar-refractivity contribution in [3.05, 3.63) is 42.5 Å². The first kappa shape index (κ1) is 15.9. The summed E-state index contributed by atoms with van der Waals surface area (Å²) >= 11 is 0. The zero-order valence-corrected chi connectivity index (χ0v) is 14.8. The van der Waals surface area contributed by atoms with Crippen molar-refractivity contribution in [2.75, 3.05) is 22.2 Å². The Labute approximate surface area is 148 Å². The van der Waals surface area contributed by atoms with Crippen molar-refractivity contribution in [3.8, 4) is 0 Å². The van der Waals surface area contributed by atoms with Gasteiger partial charge in [0, 0.05) is 18.8 Å². The van der Waals surface area contributed by atoms with Crippen molar-refractivity contribution in [2.45, 2.75) is 44.7 Å². The summed E-state index contributed by atoms with van der Waals surface area (Å²) in [7, 11) is 1.84. The summed E-state index contributed by atoms with van der Waals surface area (Å²) in [5.74, 6) is 1.87. The first-order chi connectivity index (χ1) is 12.1. The number of fused-ring (bicyclic) bond motifs is 1. The minimum atomic E-state index is -0.167. The van der Waals surface area contributed by atoms with Gasteiger partial charge in [-0.1, -0.05) is 31.0 Å². The van der Waals surface area contributed by atoms with Crippen LogP contribution in [0.15, 0.2) is 42.5 Å². The lowest BCUT2D eigenvalue weighted by Gasteiger charge is -2.42. The molecular weight excluding hydrogens is 312 g/mol. The Kier molecular flexibility index (Phi) is 4.07. The molecule has 0 saturated heterocycles. The van der Waals surface area contributed by atoms with Crippen LogP contribution in [0.4, 0.5) is 23.0 Å². The highest BCUT2D eigenvalue weighted by atomic mass is 16.2. The predicted molar refractivity (Wildman–Crippen MR) is 102 cm³/mol. The summed E-state index contributed by atoms with van der Waals surface area (Å²) in [6.45, 7) is 2.00. The van der Waals surface area contributed by atoms with Crippen molar-refractivity contribution in [1.29, 1.82) is 0 Å². The zero-order chi connectivity index (χ0) is 17.4. The number of para-hydroxylation sites is 1. The van der Waals surface area contributed by atoms with Gasteiger partial charge in [-0.2, -0.15) is 0 Å². The van der Waals surface area contributed by atoms with Crippen molar-refractivity contribution < 1.29 is 4.79 Å². The molecule has 0 spiro atoms. The number of nitrogens with one attached hydrogen (secondary N) is 1. The van der Waals surface area contributed by atoms with Gasteiger partial charge in [-0.3, -0.25) is 4.79 Å². The largest absolute Gasteiger partial charge is 0.340 e. The number of anilines is 4. The van der Waals surface area contributed by atoms with Crippen LogP contribution in [0, 0.1) is 0 Å². The molecule has 2 heterocycles. The van der Waals surface area contributed by atoms with Gasteiger partial charge >= 0.3 is 0 Å². The van der Waals surface area contributed by atoms with Gasteiger partial charge in [0.25, 0.3) is 0 Å². The quantitative estimate of drug-likeness (QED) is 0.922. The molecule has 2 aliphatic rings. The Hall–Kier alpha value is -2.56. The van der Waals surface area contributed by atoms with E-state index in [4.69, 9.17) is 4.98 Å². The molecule has 1 atom stereocenters. The smallest absolute Gasteiger partial charge is 0.249 e. The van der Waals surface area contributed by atoms with Gasteiger partial charge in [-0.05, 0) is 44.0 Å². The van der Waals surface area contributed by atoms with E-state index in [2.05, 4.69) is 10.2 Å². The van der Waals surface area contributed by atoms with Gasteiger partial charge in [-0.25, -0.2) is 4.98 Å². The fourth-order valence-corrected chi connectivity index (χ4v) is 4.00. The van der Waals surface area contributed by atoms with Crippen LogP contribution in [0.2, 0.25) is 0 Å². The first-order valence-electron chi connectivity index (χ1n) is 9.04. The normalized spacial score (nSPS) is 20.7. The van der Waals surface area contributed by atoms with Gasteiger partial charge in [-0.15, -0.1) is 0 Å². The summed E-state index contributed by atoms with van der Waals surface area (Å²) in [4.78, 5) is 21.6. The molecule has 5 nitrogen and oxygen atoms in total. The lowest BCUT2D eigenvalue weighted by molar-refractivity contribution is -0.119. The van der Waals surface area contributed by atoms with Crippen molar-refractivity contribution in [3.63, 3.8) is 0 Å². The Morgan fingerprint density at radius 3 is 2.52 bits per heavy atom. The predicted octanol–water partition coefficient (Wildman–Crippen LogP) is 3.94. The molecule has 1 amide bonds. The van der Waals surface area contributed by atoms with Crippen LogP contribution < -0.4 is 15.1 Å². The van der Waals surface area contributed by atoms with E-state index in [0.29, 0.717) is 6.04 Å². The van der Waals surface area contributed by atoms with Gasteiger partial charge in [0.2, 0.25) is 5.91 Å². The fraction of sp³-hybridized carbons (Fsp3) is 0.400. The van der Waals surface area contributed by atoms with Gasteiger partial charge in [0.1, 0.15) is 11.9 Å². The van der Waals surface area contributed by atoms with E-state index in [-0.39, 0.29) is 11.9 Å². The van der Waals surface area contributed by atoms with Crippen LogP contribution in [0.1, 0.15) is 32.6 Å². The van der Waals surface area contributed by atoms with Crippen LogP contribution in [0.5, 0.6) is 0 Å². The Balaban J connectivity index is 1.73. The van der Waals surface area contributed by atoms with Crippen LogP contribution in [0.3, 0.4) is 0 Å². The van der Waals surface area contributed by atoms with E-state index in [1.54, 1.807) is 4.90 Å². The number of rotatable bonds is 3. The van der Waals surface area contributed by atoms with E-state index < -0.39 is 0 Å². The molecule has 1 aliphatic heterocycles. The lowest BCUT2D eigenvalue weighted by atomic mass is 10.1. The number of likely N-dealkylation sites (N-methyl/N-ethyl adjacent to an activating group) is 1. The maximum absolute atomic E-state index is 12.7. The average molecular weight is 336 g/mol. The molecule has 25 heavy (non-hydrogen) atoms. The molecule has 1 aliphatic carbocycles. The Bertz CT molecular complexity index is 771. The second-order valence-electron chi connectivity index (χ2n) is 6.95. The molecule has 130 valence electrons. The second-order valence-corrected chi connectivity index (χ2v) is 6.95. The van der Waals surface area contributed by atoms with Crippen molar-refractivity contribution in [1.82, 2.24) is 4.98 Å². The van der Waals surface area contributed by atoms with Crippen LogP contribution in [-0.2, 0) is 4.79 Å². The highest BCUT2D eigenvalue weighted by Gasteiger charge is 2.39. The summed E-state index contributed by atoms with van der Waals surface area (Å²) in [5, 5.41) is 3.36. The summed E-state index contributed by atoms with van der Waals surface area (Å²) < 4.78 is 0. The van der Waals surface area contributed by atoms with E-state index in [1.807, 2.05) is 56.4 Å². The molecule has 5 heteroatoms. The van der Waals surface area contributed by atoms with E-state index in [0.717, 1.165) is 35.9 Å². The SMILES string of the molecule is C[C@@H]1C(=O)N(C)c2ccc(Nc3ccccc3)nc2N1C1CCCC1. The Morgan fingerprint density at radius 1 is 1.08 bits per heavy atom. The minimum absolute atomic E-state index is 0.143. The molecular formula is C20H24N4O. The third kappa shape index (κ3) is 2.84. The van der Waals surface area contributed by atoms with E-state index in [1.165, 1.54) is 12.8 Å². The number of amides is 1. The van der Waals surface area contributed by atoms with E-state index >= 15 is 0 Å². The monoisotopic (exact) mass is 336 g/mol. The number of hydrogen-bond acceptors (Lipinski definition) is 4. The molecule has 1 N–H and O–H groups in total. The average Bonchev–Trinajstić information content (AvgIpc) is 3.15. The maximum atomic E-state index is 12.7. The molecule has 1 fully saturated rings. The number of nitrogens with zero attached hydrogens (tertiary/aromatic N) is 3. The standard InChI is InChI=1S/C20H24N4O/c1-14-20(25)23(2)17-12-13-18(21-15-8-4-3-5-9-15)22-19(17)24(14)16-10-6-7-11-16/h3-5,8-9,12-14,16H,6-7,10-11H2,1-2H3,(H,21,22)/t14-/m1/s1. The highest BCUT2D eigenvalue weighted by Crippen LogP contribution is 2.39. The van der Waals surface area contributed by atoms with Gasteiger partial charge in [0.15, 0.2) is 5.82 Å². The number of carbonyl (C=O) groups excluding carboxylic acids is 1. The number of pyridine rings is 1. The molecule has 2 aromatic rings. The van der Waals surface area contributed by atoms with Crippen LogP contribution in [0.25, 0.3) is 0 Å². The number of aromatic nitrogens is 1. The summed E-state index contributed by atoms with van der Waals surface area (Å²) in [6, 6.07) is 14.2. The fourth-order valence-electron chi connectivity index (χ4n) is 4.00. The van der Waals surface area contributed by atoms with Crippen LogP contribution in [-0.4, -0.2) is 30.0 Å².